The molecule has 0 aromatic heterocycles. The zero-order valence-corrected chi connectivity index (χ0v) is 11.1. The third kappa shape index (κ3) is 2.93. The monoisotopic (exact) mass is 266 g/mol. The molecule has 0 bridgehead atoms. The van der Waals surface area contributed by atoms with Crippen LogP contribution in [0.4, 0.5) is 10.1 Å². The van der Waals surface area contributed by atoms with E-state index in [1.54, 1.807) is 17.0 Å². The molecule has 4 nitrogen and oxygen atoms in total. The van der Waals surface area contributed by atoms with Crippen molar-refractivity contribution in [2.45, 2.75) is 25.3 Å². The molecule has 0 aliphatic carbocycles. The van der Waals surface area contributed by atoms with Gasteiger partial charge in [0.15, 0.2) is 0 Å². The number of rotatable bonds is 3. The van der Waals surface area contributed by atoms with Crippen molar-refractivity contribution in [1.29, 1.82) is 0 Å². The number of benzene rings is 1. The molecule has 1 saturated heterocycles. The van der Waals surface area contributed by atoms with Crippen LogP contribution in [0.25, 0.3) is 0 Å². The number of hydrogen-bond acceptors (Lipinski definition) is 3. The van der Waals surface area contributed by atoms with Crippen LogP contribution in [0.2, 0.25) is 0 Å². The highest BCUT2D eigenvalue weighted by molar-refractivity contribution is 6.00. The van der Waals surface area contributed by atoms with Crippen LogP contribution in [-0.2, 0) is 9.53 Å². The highest BCUT2D eigenvalue weighted by Crippen LogP contribution is 2.24. The maximum Gasteiger partial charge on any atom is 0.247 e. The van der Waals surface area contributed by atoms with Gasteiger partial charge in [-0.2, -0.15) is 0 Å². The number of halogens is 1. The summed E-state index contributed by atoms with van der Waals surface area (Å²) in [4.78, 5) is 14.2. The number of carbonyl (C=O) groups is 1. The Morgan fingerprint density at radius 1 is 1.37 bits per heavy atom. The predicted molar refractivity (Wildman–Crippen MR) is 71.4 cm³/mol. The second-order valence-corrected chi connectivity index (χ2v) is 4.79. The van der Waals surface area contributed by atoms with Crippen LogP contribution in [0.1, 0.15) is 19.8 Å². The van der Waals surface area contributed by atoms with Gasteiger partial charge in [-0.3, -0.25) is 4.79 Å². The quantitative estimate of drug-likeness (QED) is 0.905. The molecule has 1 amide bonds. The summed E-state index contributed by atoms with van der Waals surface area (Å²) in [5.74, 6) is -0.439. The number of hydrogen-bond donors (Lipinski definition) is 1. The van der Waals surface area contributed by atoms with Crippen LogP contribution in [0.3, 0.4) is 0 Å². The van der Waals surface area contributed by atoms with Crippen LogP contribution < -0.4 is 10.6 Å². The van der Waals surface area contributed by atoms with Gasteiger partial charge in [0.2, 0.25) is 5.91 Å². The summed E-state index contributed by atoms with van der Waals surface area (Å²) in [5, 5.41) is 0. The van der Waals surface area contributed by atoms with Gasteiger partial charge in [-0.25, -0.2) is 4.39 Å². The molecule has 0 atom stereocenters. The van der Waals surface area contributed by atoms with E-state index in [4.69, 9.17) is 10.5 Å². The standard InChI is InChI=1S/C14H19FN2O2/c1-2-17(12-5-3-11(15)4-6-12)13(18)14(16)7-9-19-10-8-14/h3-6H,2,7-10,16H2,1H3. The fourth-order valence-electron chi connectivity index (χ4n) is 2.28. The molecular weight excluding hydrogens is 247 g/mol. The van der Waals surface area contributed by atoms with Gasteiger partial charge < -0.3 is 15.4 Å². The maximum absolute atomic E-state index is 12.9. The predicted octanol–water partition coefficient (Wildman–Crippen LogP) is 1.69. The van der Waals surface area contributed by atoms with E-state index < -0.39 is 5.54 Å². The summed E-state index contributed by atoms with van der Waals surface area (Å²) >= 11 is 0. The lowest BCUT2D eigenvalue weighted by Crippen LogP contribution is -2.58. The lowest BCUT2D eigenvalue weighted by atomic mass is 9.89. The molecule has 19 heavy (non-hydrogen) atoms. The van der Waals surface area contributed by atoms with Crippen molar-refractivity contribution >= 4 is 11.6 Å². The van der Waals surface area contributed by atoms with Crippen molar-refractivity contribution in [3.8, 4) is 0 Å². The fraction of sp³-hybridized carbons (Fsp3) is 0.500. The average molecular weight is 266 g/mol. The first-order valence-corrected chi connectivity index (χ1v) is 6.51. The number of ether oxygens (including phenoxy) is 1. The molecule has 1 aromatic rings. The van der Waals surface area contributed by atoms with E-state index in [9.17, 15) is 9.18 Å². The Bertz CT molecular complexity index is 441. The minimum Gasteiger partial charge on any atom is -0.381 e. The molecule has 1 aliphatic rings. The first kappa shape index (κ1) is 14.0. The second kappa shape index (κ2) is 5.67. The van der Waals surface area contributed by atoms with Crippen molar-refractivity contribution in [3.63, 3.8) is 0 Å². The number of nitrogens with zero attached hydrogens (tertiary/aromatic N) is 1. The van der Waals surface area contributed by atoms with E-state index in [-0.39, 0.29) is 11.7 Å². The van der Waals surface area contributed by atoms with Crippen LogP contribution in [-0.4, -0.2) is 31.2 Å². The molecule has 0 saturated carbocycles. The normalized spacial score (nSPS) is 18.1. The topological polar surface area (TPSA) is 55.6 Å². The molecular formula is C14H19FN2O2. The van der Waals surface area contributed by atoms with Crippen molar-refractivity contribution in [3.05, 3.63) is 30.1 Å². The van der Waals surface area contributed by atoms with Gasteiger partial charge in [-0.15, -0.1) is 0 Å². The number of carbonyl (C=O) groups excluding carboxylic acids is 1. The van der Waals surface area contributed by atoms with Crippen molar-refractivity contribution in [1.82, 2.24) is 0 Å². The van der Waals surface area contributed by atoms with E-state index in [1.165, 1.54) is 12.1 Å². The first-order valence-electron chi connectivity index (χ1n) is 6.51. The third-order valence-corrected chi connectivity index (χ3v) is 3.51. The Hall–Kier alpha value is -1.46. The number of anilines is 1. The van der Waals surface area contributed by atoms with Gasteiger partial charge in [0, 0.05) is 25.4 Å². The maximum atomic E-state index is 12.9. The zero-order chi connectivity index (χ0) is 13.9. The minimum atomic E-state index is -0.872. The van der Waals surface area contributed by atoms with Gasteiger partial charge in [0.1, 0.15) is 11.4 Å². The summed E-state index contributed by atoms with van der Waals surface area (Å²) < 4.78 is 18.2. The van der Waals surface area contributed by atoms with Crippen LogP contribution in [0, 0.1) is 5.82 Å². The third-order valence-electron chi connectivity index (χ3n) is 3.51. The molecule has 1 aromatic carbocycles. The Balaban J connectivity index is 2.21. The molecule has 2 rings (SSSR count). The van der Waals surface area contributed by atoms with Crippen molar-refractivity contribution in [2.75, 3.05) is 24.7 Å². The minimum absolute atomic E-state index is 0.120. The van der Waals surface area contributed by atoms with Gasteiger partial charge in [-0.05, 0) is 44.0 Å². The number of amides is 1. The molecule has 0 radical (unpaired) electrons. The molecule has 1 heterocycles. The summed E-state index contributed by atoms with van der Waals surface area (Å²) in [6.45, 7) is 3.39. The fourth-order valence-corrected chi connectivity index (χ4v) is 2.28. The molecule has 0 spiro atoms. The van der Waals surface area contributed by atoms with E-state index in [1.807, 2.05) is 6.92 Å². The smallest absolute Gasteiger partial charge is 0.247 e. The summed E-state index contributed by atoms with van der Waals surface area (Å²) in [6, 6.07) is 5.88. The summed E-state index contributed by atoms with van der Waals surface area (Å²) in [7, 11) is 0. The van der Waals surface area contributed by atoms with Gasteiger partial charge in [0.05, 0.1) is 0 Å². The first-order chi connectivity index (χ1) is 9.07. The van der Waals surface area contributed by atoms with E-state index in [0.717, 1.165) is 0 Å². The van der Waals surface area contributed by atoms with Gasteiger partial charge in [-0.1, -0.05) is 0 Å². The van der Waals surface area contributed by atoms with E-state index in [2.05, 4.69) is 0 Å². The molecule has 0 unspecified atom stereocenters. The Morgan fingerprint density at radius 2 is 1.95 bits per heavy atom. The zero-order valence-electron chi connectivity index (χ0n) is 11.1. The van der Waals surface area contributed by atoms with Gasteiger partial charge in [0.25, 0.3) is 0 Å². The highest BCUT2D eigenvalue weighted by atomic mass is 19.1. The Labute approximate surface area is 112 Å². The lowest BCUT2D eigenvalue weighted by molar-refractivity contribution is -0.127. The summed E-state index contributed by atoms with van der Waals surface area (Å²) in [6.07, 6.45) is 1.03. The van der Waals surface area contributed by atoms with Crippen LogP contribution in [0.5, 0.6) is 0 Å². The molecule has 5 heteroatoms. The highest BCUT2D eigenvalue weighted by Gasteiger charge is 2.38. The largest absolute Gasteiger partial charge is 0.381 e. The second-order valence-electron chi connectivity index (χ2n) is 4.79. The van der Waals surface area contributed by atoms with Crippen LogP contribution >= 0.6 is 0 Å². The average Bonchev–Trinajstić information content (AvgIpc) is 2.42. The molecule has 2 N–H and O–H groups in total. The molecule has 1 fully saturated rings. The lowest BCUT2D eigenvalue weighted by Gasteiger charge is -2.36. The van der Waals surface area contributed by atoms with Crippen molar-refractivity contribution in [2.24, 2.45) is 5.73 Å². The molecule has 1 aliphatic heterocycles. The van der Waals surface area contributed by atoms with E-state index in [0.29, 0.717) is 38.3 Å². The Morgan fingerprint density at radius 3 is 2.47 bits per heavy atom. The SMILES string of the molecule is CCN(C(=O)C1(N)CCOCC1)c1ccc(F)cc1. The number of nitrogens with two attached hydrogens (primary N) is 1. The van der Waals surface area contributed by atoms with E-state index >= 15 is 0 Å². The molecule has 104 valence electrons. The van der Waals surface area contributed by atoms with Gasteiger partial charge >= 0.3 is 0 Å². The van der Waals surface area contributed by atoms with Crippen molar-refractivity contribution < 1.29 is 13.9 Å². The van der Waals surface area contributed by atoms with Crippen LogP contribution in [0.15, 0.2) is 24.3 Å². The number of likely N-dealkylation sites (N-methyl/N-ethyl adjacent to an activating group) is 1. The Kier molecular flexibility index (Phi) is 4.17. The summed E-state index contributed by atoms with van der Waals surface area (Å²) in [5.41, 5.74) is 6.00.